The first kappa shape index (κ1) is 15.3. The van der Waals surface area contributed by atoms with Crippen molar-refractivity contribution in [3.8, 4) is 0 Å². The summed E-state index contributed by atoms with van der Waals surface area (Å²) in [5.74, 6) is 6.46. The number of hydrogen-bond donors (Lipinski definition) is 2. The number of hydrazine groups is 1. The van der Waals surface area contributed by atoms with Crippen LogP contribution in [0.15, 0.2) is 28.7 Å². The largest absolute Gasteiger partial charge is 0.458 e. The Morgan fingerprint density at radius 3 is 2.75 bits per heavy atom. The molecule has 2 rings (SSSR count). The average Bonchev–Trinajstić information content (AvgIpc) is 2.85. The standard InChI is InChI=1S/C15H21ClN2O2/c1-4-15(3,19-5-2)14(18-17)12-9-10-7-6-8-11(16)13(10)20-12/h6-9,14,18H,4-5,17H2,1-3H3. The molecular formula is C15H21ClN2O2. The fraction of sp³-hybridized carbons (Fsp3) is 0.467. The molecular weight excluding hydrogens is 276 g/mol. The number of nitrogens with two attached hydrogens (primary N) is 1. The summed E-state index contributed by atoms with van der Waals surface area (Å²) in [5, 5.41) is 1.56. The molecule has 0 saturated carbocycles. The van der Waals surface area contributed by atoms with Crippen molar-refractivity contribution < 1.29 is 9.15 Å². The van der Waals surface area contributed by atoms with Crippen molar-refractivity contribution >= 4 is 22.6 Å². The van der Waals surface area contributed by atoms with Crippen molar-refractivity contribution in [3.05, 3.63) is 35.0 Å². The first-order valence-corrected chi connectivity index (χ1v) is 7.21. The lowest BCUT2D eigenvalue weighted by Gasteiger charge is -2.35. The zero-order chi connectivity index (χ0) is 14.8. The number of fused-ring (bicyclic) bond motifs is 1. The molecule has 0 aliphatic carbocycles. The van der Waals surface area contributed by atoms with Crippen LogP contribution in [-0.2, 0) is 4.74 Å². The molecule has 0 spiro atoms. The van der Waals surface area contributed by atoms with Crippen molar-refractivity contribution in [2.45, 2.75) is 38.8 Å². The molecule has 2 aromatic rings. The Morgan fingerprint density at radius 1 is 1.45 bits per heavy atom. The normalized spacial score (nSPS) is 16.2. The summed E-state index contributed by atoms with van der Waals surface area (Å²) in [4.78, 5) is 0. The third kappa shape index (κ3) is 2.69. The molecule has 1 heterocycles. The van der Waals surface area contributed by atoms with Gasteiger partial charge in [0.05, 0.1) is 10.6 Å². The Morgan fingerprint density at radius 2 is 2.20 bits per heavy atom. The summed E-state index contributed by atoms with van der Waals surface area (Å²) in [6, 6.07) is 7.39. The number of nitrogens with one attached hydrogen (secondary N) is 1. The highest BCUT2D eigenvalue weighted by Gasteiger charge is 2.36. The third-order valence-corrected chi connectivity index (χ3v) is 4.05. The summed E-state index contributed by atoms with van der Waals surface area (Å²) < 4.78 is 11.8. The van der Waals surface area contributed by atoms with Crippen molar-refractivity contribution in [3.63, 3.8) is 0 Å². The summed E-state index contributed by atoms with van der Waals surface area (Å²) in [6.45, 7) is 6.67. The van der Waals surface area contributed by atoms with Crippen LogP contribution in [0.4, 0.5) is 0 Å². The van der Waals surface area contributed by atoms with Crippen LogP contribution in [0.25, 0.3) is 11.0 Å². The van der Waals surface area contributed by atoms with Gasteiger partial charge in [-0.05, 0) is 32.4 Å². The number of para-hydroxylation sites is 1. The van der Waals surface area contributed by atoms with Gasteiger partial charge in [0.15, 0.2) is 5.58 Å². The topological polar surface area (TPSA) is 60.4 Å². The molecule has 0 fully saturated rings. The van der Waals surface area contributed by atoms with Crippen molar-refractivity contribution in [2.24, 2.45) is 5.84 Å². The predicted octanol–water partition coefficient (Wildman–Crippen LogP) is 3.80. The van der Waals surface area contributed by atoms with E-state index in [1.807, 2.05) is 38.1 Å². The van der Waals surface area contributed by atoms with Gasteiger partial charge < -0.3 is 9.15 Å². The maximum Gasteiger partial charge on any atom is 0.152 e. The van der Waals surface area contributed by atoms with E-state index < -0.39 is 5.60 Å². The first-order valence-electron chi connectivity index (χ1n) is 6.83. The van der Waals surface area contributed by atoms with Gasteiger partial charge in [0.1, 0.15) is 11.8 Å². The Labute approximate surface area is 124 Å². The van der Waals surface area contributed by atoms with E-state index in [-0.39, 0.29) is 6.04 Å². The van der Waals surface area contributed by atoms with Crippen LogP contribution >= 0.6 is 11.6 Å². The molecule has 2 atom stereocenters. The van der Waals surface area contributed by atoms with Crippen molar-refractivity contribution in [1.82, 2.24) is 5.43 Å². The van der Waals surface area contributed by atoms with Gasteiger partial charge in [-0.25, -0.2) is 5.43 Å². The minimum absolute atomic E-state index is 0.240. The van der Waals surface area contributed by atoms with E-state index in [1.54, 1.807) is 0 Å². The Kier molecular flexibility index (Phi) is 4.70. The lowest BCUT2D eigenvalue weighted by atomic mass is 9.91. The molecule has 0 aliphatic heterocycles. The molecule has 0 amide bonds. The fourth-order valence-corrected chi connectivity index (χ4v) is 2.69. The van der Waals surface area contributed by atoms with Crippen LogP contribution in [0.1, 0.15) is 39.0 Å². The summed E-state index contributed by atoms with van der Waals surface area (Å²) in [7, 11) is 0. The quantitative estimate of drug-likeness (QED) is 0.629. The number of ether oxygens (including phenoxy) is 1. The van der Waals surface area contributed by atoms with Gasteiger partial charge in [0.25, 0.3) is 0 Å². The van der Waals surface area contributed by atoms with E-state index in [9.17, 15) is 0 Å². The highest BCUT2D eigenvalue weighted by Crippen LogP contribution is 2.36. The Balaban J connectivity index is 2.46. The van der Waals surface area contributed by atoms with E-state index in [1.165, 1.54) is 0 Å². The van der Waals surface area contributed by atoms with Crippen LogP contribution < -0.4 is 11.3 Å². The van der Waals surface area contributed by atoms with Crippen LogP contribution in [0.2, 0.25) is 5.02 Å². The maximum atomic E-state index is 6.15. The molecule has 0 saturated heterocycles. The van der Waals surface area contributed by atoms with E-state index in [2.05, 4.69) is 12.3 Å². The SMILES string of the molecule is CCOC(C)(CC)C(NN)c1cc2cccc(Cl)c2o1. The number of furan rings is 1. The second-order valence-corrected chi connectivity index (χ2v) is 5.41. The number of halogens is 1. The molecule has 1 aromatic heterocycles. The van der Waals surface area contributed by atoms with Gasteiger partial charge >= 0.3 is 0 Å². The third-order valence-electron chi connectivity index (χ3n) is 3.75. The molecule has 0 radical (unpaired) electrons. The molecule has 20 heavy (non-hydrogen) atoms. The minimum atomic E-state index is -0.441. The van der Waals surface area contributed by atoms with Gasteiger partial charge in [0, 0.05) is 12.0 Å². The lowest BCUT2D eigenvalue weighted by molar-refractivity contribution is -0.0606. The van der Waals surface area contributed by atoms with E-state index >= 15 is 0 Å². The van der Waals surface area contributed by atoms with Crippen LogP contribution in [-0.4, -0.2) is 12.2 Å². The maximum absolute atomic E-state index is 6.15. The summed E-state index contributed by atoms with van der Waals surface area (Å²) >= 11 is 6.15. The molecule has 2 unspecified atom stereocenters. The Hall–Kier alpha value is -1.07. The first-order chi connectivity index (χ1) is 9.55. The van der Waals surface area contributed by atoms with E-state index in [0.29, 0.717) is 17.2 Å². The number of benzene rings is 1. The molecule has 5 heteroatoms. The van der Waals surface area contributed by atoms with Gasteiger partial charge in [-0.3, -0.25) is 5.84 Å². The molecule has 0 bridgehead atoms. The molecule has 1 aromatic carbocycles. The van der Waals surface area contributed by atoms with Gasteiger partial charge in [-0.1, -0.05) is 30.7 Å². The van der Waals surface area contributed by atoms with Gasteiger partial charge in [-0.15, -0.1) is 0 Å². The number of rotatable bonds is 6. The number of hydrogen-bond acceptors (Lipinski definition) is 4. The summed E-state index contributed by atoms with van der Waals surface area (Å²) in [6.07, 6.45) is 0.806. The van der Waals surface area contributed by atoms with Crippen LogP contribution in [0.5, 0.6) is 0 Å². The van der Waals surface area contributed by atoms with E-state index in [0.717, 1.165) is 17.6 Å². The second kappa shape index (κ2) is 6.14. The Bertz CT molecular complexity index is 584. The zero-order valence-corrected chi connectivity index (χ0v) is 12.8. The second-order valence-electron chi connectivity index (χ2n) is 5.01. The smallest absolute Gasteiger partial charge is 0.152 e. The molecule has 4 nitrogen and oxygen atoms in total. The highest BCUT2D eigenvalue weighted by molar-refractivity contribution is 6.34. The van der Waals surface area contributed by atoms with Crippen LogP contribution in [0, 0.1) is 0 Å². The fourth-order valence-electron chi connectivity index (χ4n) is 2.47. The average molecular weight is 297 g/mol. The monoisotopic (exact) mass is 296 g/mol. The van der Waals surface area contributed by atoms with Crippen LogP contribution in [0.3, 0.4) is 0 Å². The van der Waals surface area contributed by atoms with Crippen molar-refractivity contribution in [2.75, 3.05) is 6.61 Å². The predicted molar refractivity (Wildman–Crippen MR) is 81.6 cm³/mol. The van der Waals surface area contributed by atoms with Gasteiger partial charge in [0.2, 0.25) is 0 Å². The molecule has 3 N–H and O–H groups in total. The summed E-state index contributed by atoms with van der Waals surface area (Å²) in [5.41, 5.74) is 3.05. The lowest BCUT2D eigenvalue weighted by Crippen LogP contribution is -2.46. The zero-order valence-electron chi connectivity index (χ0n) is 12.1. The van der Waals surface area contributed by atoms with E-state index in [4.69, 9.17) is 26.6 Å². The van der Waals surface area contributed by atoms with Gasteiger partial charge in [-0.2, -0.15) is 0 Å². The van der Waals surface area contributed by atoms with Crippen molar-refractivity contribution in [1.29, 1.82) is 0 Å². The molecule has 110 valence electrons. The molecule has 0 aliphatic rings. The minimum Gasteiger partial charge on any atom is -0.458 e. The highest BCUT2D eigenvalue weighted by atomic mass is 35.5.